The van der Waals surface area contributed by atoms with E-state index in [1.54, 1.807) is 36.0 Å². The van der Waals surface area contributed by atoms with E-state index in [1.165, 1.54) is 6.42 Å². The van der Waals surface area contributed by atoms with Gasteiger partial charge in [-0.25, -0.2) is 13.1 Å². The Balaban J connectivity index is 2.12. The van der Waals surface area contributed by atoms with Crippen LogP contribution in [0.2, 0.25) is 0 Å². The molecule has 0 radical (unpaired) electrons. The molecular weight excluding hydrogens is 294 g/mol. The molecule has 2 unspecified atom stereocenters. The summed E-state index contributed by atoms with van der Waals surface area (Å²) in [7, 11) is -3.47. The van der Waals surface area contributed by atoms with Crippen molar-refractivity contribution >= 4 is 21.8 Å². The van der Waals surface area contributed by atoms with Gasteiger partial charge in [-0.2, -0.15) is 11.8 Å². The zero-order valence-electron chi connectivity index (χ0n) is 11.6. The van der Waals surface area contributed by atoms with E-state index in [2.05, 4.69) is 4.72 Å². The first kappa shape index (κ1) is 15.8. The molecule has 0 bridgehead atoms. The SMILES string of the molecule is CSC1CCCCC1NS(=O)(=O)c1ccc(CO)cc1. The molecule has 2 atom stereocenters. The van der Waals surface area contributed by atoms with Crippen LogP contribution in [0.5, 0.6) is 0 Å². The Morgan fingerprint density at radius 1 is 1.25 bits per heavy atom. The molecule has 20 heavy (non-hydrogen) atoms. The van der Waals surface area contributed by atoms with Crippen LogP contribution < -0.4 is 4.72 Å². The quantitative estimate of drug-likeness (QED) is 0.873. The minimum atomic E-state index is -3.47. The third-order valence-corrected chi connectivity index (χ3v) is 6.40. The maximum absolute atomic E-state index is 12.4. The van der Waals surface area contributed by atoms with Crippen LogP contribution in [-0.2, 0) is 16.6 Å². The molecule has 0 aromatic heterocycles. The van der Waals surface area contributed by atoms with Crippen LogP contribution in [-0.4, -0.2) is 31.1 Å². The number of sulfonamides is 1. The average Bonchev–Trinajstić information content (AvgIpc) is 2.47. The zero-order valence-corrected chi connectivity index (χ0v) is 13.2. The van der Waals surface area contributed by atoms with E-state index in [4.69, 9.17) is 5.11 Å². The average molecular weight is 315 g/mol. The first-order valence-corrected chi connectivity index (χ1v) is 9.59. The van der Waals surface area contributed by atoms with Crippen LogP contribution in [0.3, 0.4) is 0 Å². The van der Waals surface area contributed by atoms with E-state index in [-0.39, 0.29) is 17.5 Å². The summed E-state index contributed by atoms with van der Waals surface area (Å²) in [5.74, 6) is 0. The summed E-state index contributed by atoms with van der Waals surface area (Å²) in [4.78, 5) is 0.264. The number of nitrogens with one attached hydrogen (secondary N) is 1. The second-order valence-electron chi connectivity index (χ2n) is 5.09. The lowest BCUT2D eigenvalue weighted by Gasteiger charge is -2.30. The predicted molar refractivity (Wildman–Crippen MR) is 82.2 cm³/mol. The number of benzene rings is 1. The van der Waals surface area contributed by atoms with E-state index in [0.29, 0.717) is 10.8 Å². The maximum atomic E-state index is 12.4. The Bertz CT molecular complexity index is 528. The van der Waals surface area contributed by atoms with Crippen LogP contribution >= 0.6 is 11.8 Å². The molecule has 4 nitrogen and oxygen atoms in total. The minimum absolute atomic E-state index is 0.0151. The van der Waals surface area contributed by atoms with Gasteiger partial charge in [0.25, 0.3) is 0 Å². The Morgan fingerprint density at radius 3 is 2.50 bits per heavy atom. The molecule has 1 aromatic carbocycles. The monoisotopic (exact) mass is 315 g/mol. The number of aliphatic hydroxyl groups is 1. The van der Waals surface area contributed by atoms with Crippen LogP contribution in [0.25, 0.3) is 0 Å². The summed E-state index contributed by atoms with van der Waals surface area (Å²) in [6, 6.07) is 6.39. The smallest absolute Gasteiger partial charge is 0.240 e. The van der Waals surface area contributed by atoms with Crippen LogP contribution in [0.15, 0.2) is 29.2 Å². The Morgan fingerprint density at radius 2 is 1.90 bits per heavy atom. The number of hydrogen-bond acceptors (Lipinski definition) is 4. The van der Waals surface area contributed by atoms with Crippen molar-refractivity contribution in [1.82, 2.24) is 4.72 Å². The summed E-state index contributed by atoms with van der Waals surface area (Å²) in [5, 5.41) is 9.35. The van der Waals surface area contributed by atoms with Crippen molar-refractivity contribution in [2.45, 2.75) is 48.5 Å². The van der Waals surface area contributed by atoms with Gasteiger partial charge in [0.15, 0.2) is 0 Å². The van der Waals surface area contributed by atoms with E-state index in [9.17, 15) is 8.42 Å². The highest BCUT2D eigenvalue weighted by Crippen LogP contribution is 2.28. The first-order valence-electron chi connectivity index (χ1n) is 6.82. The summed E-state index contributed by atoms with van der Waals surface area (Å²) in [6.07, 6.45) is 6.26. The van der Waals surface area contributed by atoms with Crippen molar-refractivity contribution < 1.29 is 13.5 Å². The van der Waals surface area contributed by atoms with Crippen molar-refractivity contribution in [2.24, 2.45) is 0 Å². The molecule has 112 valence electrons. The van der Waals surface area contributed by atoms with Crippen molar-refractivity contribution in [1.29, 1.82) is 0 Å². The Labute approximate surface area is 125 Å². The fraction of sp³-hybridized carbons (Fsp3) is 0.571. The fourth-order valence-electron chi connectivity index (χ4n) is 2.56. The van der Waals surface area contributed by atoms with E-state index < -0.39 is 10.0 Å². The van der Waals surface area contributed by atoms with Gasteiger partial charge < -0.3 is 5.11 Å². The molecule has 0 spiro atoms. The number of hydrogen-bond donors (Lipinski definition) is 2. The van der Waals surface area contributed by atoms with Gasteiger partial charge in [0.1, 0.15) is 0 Å². The molecule has 0 aliphatic heterocycles. The first-order chi connectivity index (χ1) is 9.56. The second-order valence-corrected chi connectivity index (χ2v) is 7.88. The lowest BCUT2D eigenvalue weighted by molar-refractivity contribution is 0.282. The highest BCUT2D eigenvalue weighted by atomic mass is 32.2. The van der Waals surface area contributed by atoms with Gasteiger partial charge in [-0.15, -0.1) is 0 Å². The van der Waals surface area contributed by atoms with Crippen LogP contribution in [0.4, 0.5) is 0 Å². The van der Waals surface area contributed by atoms with Crippen LogP contribution in [0.1, 0.15) is 31.2 Å². The summed E-state index contributed by atoms with van der Waals surface area (Å²) >= 11 is 1.74. The maximum Gasteiger partial charge on any atom is 0.240 e. The van der Waals surface area contributed by atoms with Crippen molar-refractivity contribution in [2.75, 3.05) is 6.26 Å². The van der Waals surface area contributed by atoms with E-state index in [1.807, 2.05) is 6.26 Å². The van der Waals surface area contributed by atoms with Gasteiger partial charge >= 0.3 is 0 Å². The topological polar surface area (TPSA) is 66.4 Å². The number of aliphatic hydroxyl groups excluding tert-OH is 1. The van der Waals surface area contributed by atoms with Crippen LogP contribution in [0, 0.1) is 0 Å². The third-order valence-electron chi connectivity index (χ3n) is 3.73. The molecular formula is C14H21NO3S2. The van der Waals surface area contributed by atoms with Gasteiger partial charge in [-0.3, -0.25) is 0 Å². The summed E-state index contributed by atoms with van der Waals surface area (Å²) in [6.45, 7) is -0.0784. The minimum Gasteiger partial charge on any atom is -0.392 e. The molecule has 1 aliphatic carbocycles. The highest BCUT2D eigenvalue weighted by Gasteiger charge is 2.28. The van der Waals surface area contributed by atoms with Crippen molar-refractivity contribution in [3.63, 3.8) is 0 Å². The van der Waals surface area contributed by atoms with Gasteiger partial charge in [-0.1, -0.05) is 25.0 Å². The molecule has 0 saturated heterocycles. The molecule has 0 heterocycles. The van der Waals surface area contributed by atoms with Gasteiger partial charge in [0.05, 0.1) is 11.5 Å². The number of rotatable bonds is 5. The Hall–Kier alpha value is -0.560. The predicted octanol–water partition coefficient (Wildman–Crippen LogP) is 2.13. The molecule has 0 amide bonds. The van der Waals surface area contributed by atoms with Gasteiger partial charge in [-0.05, 0) is 36.8 Å². The summed E-state index contributed by atoms with van der Waals surface area (Å²) < 4.78 is 27.6. The summed E-state index contributed by atoms with van der Waals surface area (Å²) in [5.41, 5.74) is 0.712. The third kappa shape index (κ3) is 3.75. The zero-order chi connectivity index (χ0) is 14.6. The van der Waals surface area contributed by atoms with Gasteiger partial charge in [0, 0.05) is 11.3 Å². The number of thioether (sulfide) groups is 1. The van der Waals surface area contributed by atoms with Crippen molar-refractivity contribution in [3.05, 3.63) is 29.8 Å². The molecule has 1 aromatic rings. The van der Waals surface area contributed by atoms with E-state index in [0.717, 1.165) is 19.3 Å². The standard InChI is InChI=1S/C14H21NO3S2/c1-19-14-5-3-2-4-13(14)15-20(17,18)12-8-6-11(10-16)7-9-12/h6-9,13-16H,2-5,10H2,1H3. The fourth-order valence-corrected chi connectivity index (χ4v) is 4.89. The van der Waals surface area contributed by atoms with Crippen molar-refractivity contribution in [3.8, 4) is 0 Å². The lowest BCUT2D eigenvalue weighted by Crippen LogP contribution is -2.43. The van der Waals surface area contributed by atoms with Gasteiger partial charge in [0.2, 0.25) is 10.0 Å². The molecule has 1 fully saturated rings. The lowest BCUT2D eigenvalue weighted by atomic mass is 9.96. The normalized spacial score (nSPS) is 23.7. The van der Waals surface area contributed by atoms with E-state index >= 15 is 0 Å². The largest absolute Gasteiger partial charge is 0.392 e. The second kappa shape index (κ2) is 6.93. The molecule has 6 heteroatoms. The Kier molecular flexibility index (Phi) is 5.49. The highest BCUT2D eigenvalue weighted by molar-refractivity contribution is 7.99. The molecule has 1 saturated carbocycles. The molecule has 2 rings (SSSR count). The molecule has 1 aliphatic rings. The molecule has 2 N–H and O–H groups in total.